The second-order valence-corrected chi connectivity index (χ2v) is 6.33. The Morgan fingerprint density at radius 1 is 1.11 bits per heavy atom. The minimum absolute atomic E-state index is 0.156. The molecular formula is C19H17ClN4O3. The van der Waals surface area contributed by atoms with Crippen LogP contribution in [0.1, 0.15) is 28.7 Å². The van der Waals surface area contributed by atoms with Crippen molar-refractivity contribution >= 4 is 40.2 Å². The van der Waals surface area contributed by atoms with E-state index in [4.69, 9.17) is 16.3 Å². The molecule has 2 heterocycles. The fourth-order valence-corrected chi connectivity index (χ4v) is 2.52. The lowest BCUT2D eigenvalue weighted by Crippen LogP contribution is -2.30. The summed E-state index contributed by atoms with van der Waals surface area (Å²) in [6.07, 6.45) is 0.489. The van der Waals surface area contributed by atoms with Crippen LogP contribution in [0.3, 0.4) is 0 Å². The molecule has 0 spiro atoms. The van der Waals surface area contributed by atoms with Gasteiger partial charge in [0.15, 0.2) is 11.3 Å². The van der Waals surface area contributed by atoms with Crippen LogP contribution in [0.5, 0.6) is 0 Å². The standard InChI is InChI=1S/C19H17ClN4O3/c1-10-11(2)23-16-9-13(6-7-14(16)22-10)19(26)27-12(3)18(25)24-15-5-4-8-21-17(15)20/h4-9,12H,1-3H3,(H,24,25)/t12-/m1/s1. The van der Waals surface area contributed by atoms with Crippen LogP contribution < -0.4 is 5.32 Å². The second kappa shape index (κ2) is 7.67. The first-order valence-corrected chi connectivity index (χ1v) is 8.60. The molecule has 2 aromatic heterocycles. The number of halogens is 1. The van der Waals surface area contributed by atoms with Crippen LogP contribution >= 0.6 is 11.6 Å². The number of anilines is 1. The van der Waals surface area contributed by atoms with Crippen molar-refractivity contribution in [2.24, 2.45) is 0 Å². The van der Waals surface area contributed by atoms with Crippen LogP contribution in [0.4, 0.5) is 5.69 Å². The first-order chi connectivity index (χ1) is 12.8. The Labute approximate surface area is 160 Å². The summed E-state index contributed by atoms with van der Waals surface area (Å²) < 4.78 is 5.25. The summed E-state index contributed by atoms with van der Waals surface area (Å²) in [5.41, 5.74) is 3.53. The number of ether oxygens (including phenoxy) is 1. The molecule has 3 rings (SSSR count). The molecule has 1 amide bonds. The van der Waals surface area contributed by atoms with Gasteiger partial charge in [0.1, 0.15) is 0 Å². The van der Waals surface area contributed by atoms with Crippen LogP contribution in [0.15, 0.2) is 36.5 Å². The number of hydrogen-bond acceptors (Lipinski definition) is 6. The highest BCUT2D eigenvalue weighted by Crippen LogP contribution is 2.19. The summed E-state index contributed by atoms with van der Waals surface area (Å²) in [6, 6.07) is 8.13. The maximum absolute atomic E-state index is 12.4. The second-order valence-electron chi connectivity index (χ2n) is 5.98. The molecule has 7 nitrogen and oxygen atoms in total. The number of pyridine rings is 1. The molecule has 138 valence electrons. The smallest absolute Gasteiger partial charge is 0.338 e. The van der Waals surface area contributed by atoms with Gasteiger partial charge in [0.2, 0.25) is 0 Å². The Hall–Kier alpha value is -3.06. The molecular weight excluding hydrogens is 368 g/mol. The Kier molecular flexibility index (Phi) is 5.32. The molecule has 0 fully saturated rings. The number of amides is 1. The van der Waals surface area contributed by atoms with Crippen molar-refractivity contribution in [2.45, 2.75) is 26.9 Å². The van der Waals surface area contributed by atoms with Crippen molar-refractivity contribution in [3.05, 3.63) is 58.6 Å². The molecule has 0 aliphatic carbocycles. The number of carbonyl (C=O) groups excluding carboxylic acids is 2. The minimum Gasteiger partial charge on any atom is -0.449 e. The van der Waals surface area contributed by atoms with Crippen LogP contribution in [0.2, 0.25) is 5.15 Å². The first kappa shape index (κ1) is 18.7. The Balaban J connectivity index is 1.72. The van der Waals surface area contributed by atoms with E-state index in [1.165, 1.54) is 13.1 Å². The number of benzene rings is 1. The Bertz CT molecular complexity index is 1040. The van der Waals surface area contributed by atoms with E-state index in [1.54, 1.807) is 30.3 Å². The van der Waals surface area contributed by atoms with E-state index in [2.05, 4.69) is 20.3 Å². The largest absolute Gasteiger partial charge is 0.449 e. The molecule has 0 radical (unpaired) electrons. The van der Waals surface area contributed by atoms with Gasteiger partial charge in [-0.2, -0.15) is 0 Å². The summed E-state index contributed by atoms with van der Waals surface area (Å²) in [4.78, 5) is 37.3. The Morgan fingerprint density at radius 3 is 2.52 bits per heavy atom. The molecule has 3 aromatic rings. The summed E-state index contributed by atoms with van der Waals surface area (Å²) in [5, 5.41) is 2.73. The van der Waals surface area contributed by atoms with Gasteiger partial charge in [-0.15, -0.1) is 0 Å². The van der Waals surface area contributed by atoms with Gasteiger partial charge in [-0.1, -0.05) is 11.6 Å². The van der Waals surface area contributed by atoms with Crippen molar-refractivity contribution in [2.75, 3.05) is 5.32 Å². The van der Waals surface area contributed by atoms with Gasteiger partial charge in [0, 0.05) is 6.20 Å². The van der Waals surface area contributed by atoms with E-state index in [1.807, 2.05) is 13.8 Å². The fraction of sp³-hybridized carbons (Fsp3) is 0.211. The van der Waals surface area contributed by atoms with Gasteiger partial charge in [0.25, 0.3) is 5.91 Å². The minimum atomic E-state index is -1.02. The van der Waals surface area contributed by atoms with E-state index >= 15 is 0 Å². The molecule has 1 aromatic carbocycles. The highest BCUT2D eigenvalue weighted by atomic mass is 35.5. The zero-order valence-corrected chi connectivity index (χ0v) is 15.7. The zero-order valence-electron chi connectivity index (χ0n) is 15.0. The van der Waals surface area contributed by atoms with Crippen molar-refractivity contribution in [3.63, 3.8) is 0 Å². The van der Waals surface area contributed by atoms with Crippen LogP contribution in [-0.2, 0) is 9.53 Å². The van der Waals surface area contributed by atoms with E-state index in [0.717, 1.165) is 11.4 Å². The molecule has 0 aliphatic heterocycles. The van der Waals surface area contributed by atoms with E-state index < -0.39 is 18.0 Å². The number of nitrogens with zero attached hydrogens (tertiary/aromatic N) is 3. The van der Waals surface area contributed by atoms with Gasteiger partial charge in [-0.3, -0.25) is 4.79 Å². The molecule has 0 saturated heterocycles. The third kappa shape index (κ3) is 4.20. The predicted molar refractivity (Wildman–Crippen MR) is 102 cm³/mol. The van der Waals surface area contributed by atoms with Crippen molar-refractivity contribution < 1.29 is 14.3 Å². The third-order valence-electron chi connectivity index (χ3n) is 3.98. The fourth-order valence-electron chi connectivity index (χ4n) is 2.35. The molecule has 0 aliphatic rings. The number of aromatic nitrogens is 3. The molecule has 1 atom stereocenters. The lowest BCUT2D eigenvalue weighted by Gasteiger charge is -2.14. The van der Waals surface area contributed by atoms with Crippen molar-refractivity contribution in [1.29, 1.82) is 0 Å². The number of esters is 1. The SMILES string of the molecule is Cc1nc2ccc(C(=O)O[C@H](C)C(=O)Nc3cccnc3Cl)cc2nc1C. The quantitative estimate of drug-likeness (QED) is 0.546. The highest BCUT2D eigenvalue weighted by molar-refractivity contribution is 6.32. The summed E-state index contributed by atoms with van der Waals surface area (Å²) >= 11 is 5.91. The zero-order chi connectivity index (χ0) is 19.6. The van der Waals surface area contributed by atoms with E-state index in [-0.39, 0.29) is 5.15 Å². The normalized spacial score (nSPS) is 11.9. The monoisotopic (exact) mass is 384 g/mol. The molecule has 0 unspecified atom stereocenters. The van der Waals surface area contributed by atoms with Gasteiger partial charge in [0.05, 0.1) is 33.7 Å². The molecule has 0 bridgehead atoms. The first-order valence-electron chi connectivity index (χ1n) is 8.22. The molecule has 0 saturated carbocycles. The number of aryl methyl sites for hydroxylation is 2. The topological polar surface area (TPSA) is 94.1 Å². The average molecular weight is 385 g/mol. The van der Waals surface area contributed by atoms with Gasteiger partial charge >= 0.3 is 5.97 Å². The lowest BCUT2D eigenvalue weighted by atomic mass is 10.2. The maximum atomic E-state index is 12.4. The van der Waals surface area contributed by atoms with E-state index in [0.29, 0.717) is 22.3 Å². The molecule has 27 heavy (non-hydrogen) atoms. The average Bonchev–Trinajstić information content (AvgIpc) is 2.64. The van der Waals surface area contributed by atoms with Crippen LogP contribution in [0, 0.1) is 13.8 Å². The number of hydrogen-bond donors (Lipinski definition) is 1. The summed E-state index contributed by atoms with van der Waals surface area (Å²) in [6.45, 7) is 5.20. The number of nitrogens with one attached hydrogen (secondary N) is 1. The Morgan fingerprint density at radius 2 is 1.81 bits per heavy atom. The predicted octanol–water partition coefficient (Wildman–Crippen LogP) is 3.48. The number of fused-ring (bicyclic) bond motifs is 1. The van der Waals surface area contributed by atoms with Crippen molar-refractivity contribution in [1.82, 2.24) is 15.0 Å². The number of rotatable bonds is 4. The van der Waals surface area contributed by atoms with Crippen LogP contribution in [-0.4, -0.2) is 32.9 Å². The van der Waals surface area contributed by atoms with Gasteiger partial charge in [-0.25, -0.2) is 19.7 Å². The van der Waals surface area contributed by atoms with E-state index in [9.17, 15) is 9.59 Å². The summed E-state index contributed by atoms with van der Waals surface area (Å²) in [7, 11) is 0. The molecule has 1 N–H and O–H groups in total. The van der Waals surface area contributed by atoms with Crippen LogP contribution in [0.25, 0.3) is 11.0 Å². The molecule has 8 heteroatoms. The summed E-state index contributed by atoms with van der Waals surface area (Å²) in [5.74, 6) is -1.14. The number of carbonyl (C=O) groups is 2. The van der Waals surface area contributed by atoms with Gasteiger partial charge in [-0.05, 0) is 51.1 Å². The lowest BCUT2D eigenvalue weighted by molar-refractivity contribution is -0.123. The highest BCUT2D eigenvalue weighted by Gasteiger charge is 2.20. The van der Waals surface area contributed by atoms with Crippen molar-refractivity contribution in [3.8, 4) is 0 Å². The maximum Gasteiger partial charge on any atom is 0.338 e. The third-order valence-corrected chi connectivity index (χ3v) is 4.28. The van der Waals surface area contributed by atoms with Gasteiger partial charge < -0.3 is 10.1 Å².